The van der Waals surface area contributed by atoms with Crippen molar-refractivity contribution in [1.29, 1.82) is 0 Å². The van der Waals surface area contributed by atoms with Gasteiger partial charge in [0.1, 0.15) is 6.04 Å². The number of nitrogens with zero attached hydrogens (tertiary/aromatic N) is 1. The Bertz CT molecular complexity index is 726. The molecule has 0 saturated heterocycles. The Hall–Kier alpha value is -1.62. The number of amides is 1. The van der Waals surface area contributed by atoms with Crippen LogP contribution >= 0.6 is 11.5 Å². The van der Waals surface area contributed by atoms with Gasteiger partial charge >= 0.3 is 0 Å². The lowest BCUT2D eigenvalue weighted by molar-refractivity contribution is -0.125. The van der Waals surface area contributed by atoms with Crippen LogP contribution in [0.25, 0.3) is 10.1 Å². The first kappa shape index (κ1) is 16.2. The van der Waals surface area contributed by atoms with Gasteiger partial charge in [-0.3, -0.25) is 13.5 Å². The molecule has 0 unspecified atom stereocenters. The van der Waals surface area contributed by atoms with Crippen molar-refractivity contribution in [3.63, 3.8) is 0 Å². The lowest BCUT2D eigenvalue weighted by atomic mass is 10.1. The number of benzene rings is 1. The smallest absolute Gasteiger partial charge is 0.269 e. The van der Waals surface area contributed by atoms with Crippen LogP contribution in [0.1, 0.15) is 57.9 Å². The summed E-state index contributed by atoms with van der Waals surface area (Å²) in [6.07, 6.45) is 7.64. The van der Waals surface area contributed by atoms with Crippen molar-refractivity contribution in [1.82, 2.24) is 9.27 Å². The minimum absolute atomic E-state index is 0.00643. The van der Waals surface area contributed by atoms with Crippen molar-refractivity contribution in [2.75, 3.05) is 0 Å². The molecule has 0 bridgehead atoms. The lowest BCUT2D eigenvalue weighted by Crippen LogP contribution is -2.40. The second-order valence-corrected chi connectivity index (χ2v) is 7.36. The average molecular weight is 332 g/mol. The SMILES string of the molecule is CC[C@H](C(=O)NC1CCCCCC1)n1sc2ccccc2c1=O. The summed E-state index contributed by atoms with van der Waals surface area (Å²) in [5.41, 5.74) is -0.0477. The average Bonchev–Trinajstić information content (AvgIpc) is 2.74. The van der Waals surface area contributed by atoms with Crippen molar-refractivity contribution < 1.29 is 4.79 Å². The molecule has 1 atom stereocenters. The maximum absolute atomic E-state index is 12.7. The number of aromatic nitrogens is 1. The third kappa shape index (κ3) is 3.50. The fourth-order valence-corrected chi connectivity index (χ4v) is 4.53. The summed E-state index contributed by atoms with van der Waals surface area (Å²) in [5.74, 6) is -0.00643. The van der Waals surface area contributed by atoms with E-state index in [4.69, 9.17) is 0 Å². The zero-order valence-electron chi connectivity index (χ0n) is 13.6. The third-order valence-corrected chi connectivity index (χ3v) is 5.86. The zero-order valence-corrected chi connectivity index (χ0v) is 14.4. The molecule has 3 rings (SSSR count). The van der Waals surface area contributed by atoms with E-state index in [9.17, 15) is 9.59 Å². The highest BCUT2D eigenvalue weighted by molar-refractivity contribution is 7.14. The lowest BCUT2D eigenvalue weighted by Gasteiger charge is -2.21. The molecule has 1 aromatic heterocycles. The van der Waals surface area contributed by atoms with Crippen LogP contribution in [0.15, 0.2) is 29.1 Å². The summed E-state index contributed by atoms with van der Waals surface area (Å²) in [7, 11) is 0. The summed E-state index contributed by atoms with van der Waals surface area (Å²) in [5, 5.41) is 3.89. The van der Waals surface area contributed by atoms with Crippen LogP contribution in [0.3, 0.4) is 0 Å². The number of carbonyl (C=O) groups is 1. The first-order chi connectivity index (χ1) is 11.2. The Labute approximate surface area is 140 Å². The highest BCUT2D eigenvalue weighted by atomic mass is 32.1. The Kier molecular flexibility index (Phi) is 5.16. The highest BCUT2D eigenvalue weighted by Gasteiger charge is 2.25. The number of hydrogen-bond acceptors (Lipinski definition) is 3. The summed E-state index contributed by atoms with van der Waals surface area (Å²) in [6, 6.07) is 7.43. The molecule has 0 aliphatic heterocycles. The van der Waals surface area contributed by atoms with Crippen LogP contribution < -0.4 is 10.9 Å². The number of hydrogen-bond donors (Lipinski definition) is 1. The molecule has 2 aromatic rings. The van der Waals surface area contributed by atoms with Gasteiger partial charge in [0, 0.05) is 6.04 Å². The molecule has 1 aromatic carbocycles. The molecule has 1 N–H and O–H groups in total. The molecule has 1 aliphatic carbocycles. The molecule has 23 heavy (non-hydrogen) atoms. The fraction of sp³-hybridized carbons (Fsp3) is 0.556. The summed E-state index contributed by atoms with van der Waals surface area (Å²) < 4.78 is 2.59. The molecule has 1 heterocycles. The van der Waals surface area contributed by atoms with E-state index in [0.717, 1.165) is 17.5 Å². The maximum atomic E-state index is 12.7. The van der Waals surface area contributed by atoms with E-state index in [1.54, 1.807) is 3.96 Å². The van der Waals surface area contributed by atoms with Crippen LogP contribution in [-0.4, -0.2) is 15.9 Å². The fourth-order valence-electron chi connectivity index (χ4n) is 3.37. The van der Waals surface area contributed by atoms with Gasteiger partial charge in [-0.2, -0.15) is 0 Å². The van der Waals surface area contributed by atoms with Crippen molar-refractivity contribution in [2.24, 2.45) is 0 Å². The number of carbonyl (C=O) groups excluding carboxylic acids is 1. The molecule has 4 nitrogen and oxygen atoms in total. The van der Waals surface area contributed by atoms with E-state index in [-0.39, 0.29) is 17.5 Å². The number of fused-ring (bicyclic) bond motifs is 1. The summed E-state index contributed by atoms with van der Waals surface area (Å²) in [4.78, 5) is 25.3. The van der Waals surface area contributed by atoms with E-state index in [1.165, 1.54) is 37.2 Å². The van der Waals surface area contributed by atoms with Crippen molar-refractivity contribution >= 4 is 27.5 Å². The predicted molar refractivity (Wildman–Crippen MR) is 95.0 cm³/mol. The minimum atomic E-state index is -0.400. The zero-order chi connectivity index (χ0) is 16.2. The molecule has 5 heteroatoms. The van der Waals surface area contributed by atoms with E-state index in [2.05, 4.69) is 5.32 Å². The van der Waals surface area contributed by atoms with Crippen molar-refractivity contribution in [3.05, 3.63) is 34.6 Å². The van der Waals surface area contributed by atoms with Crippen LogP contribution in [0.5, 0.6) is 0 Å². The first-order valence-electron chi connectivity index (χ1n) is 8.61. The normalized spacial score (nSPS) is 17.8. The molecule has 0 radical (unpaired) electrons. The van der Waals surface area contributed by atoms with E-state index < -0.39 is 6.04 Å². The molecule has 1 fully saturated rings. The Balaban J connectivity index is 1.81. The quantitative estimate of drug-likeness (QED) is 0.865. The second-order valence-electron chi connectivity index (χ2n) is 6.34. The molecule has 1 saturated carbocycles. The van der Waals surface area contributed by atoms with Gasteiger partial charge in [-0.25, -0.2) is 0 Å². The highest BCUT2D eigenvalue weighted by Crippen LogP contribution is 2.23. The van der Waals surface area contributed by atoms with E-state index >= 15 is 0 Å². The van der Waals surface area contributed by atoms with Gasteiger partial charge in [0.05, 0.1) is 10.1 Å². The predicted octanol–water partition coefficient (Wildman–Crippen LogP) is 3.85. The maximum Gasteiger partial charge on any atom is 0.269 e. The van der Waals surface area contributed by atoms with Crippen molar-refractivity contribution in [3.8, 4) is 0 Å². The molecule has 124 valence electrons. The van der Waals surface area contributed by atoms with Gasteiger partial charge in [-0.05, 0) is 31.4 Å². The monoisotopic (exact) mass is 332 g/mol. The van der Waals surface area contributed by atoms with Crippen LogP contribution in [-0.2, 0) is 4.79 Å². The van der Waals surface area contributed by atoms with Crippen LogP contribution in [0.2, 0.25) is 0 Å². The number of rotatable bonds is 4. The molecule has 1 aliphatic rings. The van der Waals surface area contributed by atoms with Crippen LogP contribution in [0.4, 0.5) is 0 Å². The Morgan fingerprint density at radius 3 is 2.61 bits per heavy atom. The Morgan fingerprint density at radius 1 is 1.26 bits per heavy atom. The Morgan fingerprint density at radius 2 is 1.96 bits per heavy atom. The van der Waals surface area contributed by atoms with Gasteiger partial charge < -0.3 is 5.32 Å². The second kappa shape index (κ2) is 7.30. The third-order valence-electron chi connectivity index (χ3n) is 4.69. The minimum Gasteiger partial charge on any atom is -0.352 e. The molecule has 1 amide bonds. The van der Waals surface area contributed by atoms with Crippen molar-refractivity contribution in [2.45, 2.75) is 64.0 Å². The van der Waals surface area contributed by atoms with E-state index in [1.807, 2.05) is 31.2 Å². The molecular formula is C18H24N2O2S. The number of nitrogens with one attached hydrogen (secondary N) is 1. The van der Waals surface area contributed by atoms with Gasteiger partial charge in [0.15, 0.2) is 0 Å². The largest absolute Gasteiger partial charge is 0.352 e. The topological polar surface area (TPSA) is 51.1 Å². The van der Waals surface area contributed by atoms with E-state index in [0.29, 0.717) is 11.8 Å². The summed E-state index contributed by atoms with van der Waals surface area (Å²) in [6.45, 7) is 1.97. The van der Waals surface area contributed by atoms with Gasteiger partial charge in [-0.1, -0.05) is 56.3 Å². The molecular weight excluding hydrogens is 308 g/mol. The van der Waals surface area contributed by atoms with Gasteiger partial charge in [-0.15, -0.1) is 0 Å². The summed E-state index contributed by atoms with van der Waals surface area (Å²) >= 11 is 1.39. The van der Waals surface area contributed by atoms with Crippen LogP contribution in [0, 0.1) is 0 Å². The molecule has 0 spiro atoms. The van der Waals surface area contributed by atoms with Gasteiger partial charge in [0.25, 0.3) is 5.56 Å². The standard InChI is InChI=1S/C18H24N2O2S/c1-2-15(17(21)19-13-9-5-3-4-6-10-13)20-18(22)14-11-7-8-12-16(14)23-20/h7-8,11-13,15H,2-6,9-10H2,1H3,(H,19,21)/t15-/m1/s1. The first-order valence-corrected chi connectivity index (χ1v) is 9.39. The van der Waals surface area contributed by atoms with Gasteiger partial charge in [0.2, 0.25) is 5.91 Å².